The first kappa shape index (κ1) is 13.6. The summed E-state index contributed by atoms with van der Waals surface area (Å²) in [6, 6.07) is 8.06. The van der Waals surface area contributed by atoms with E-state index >= 15 is 0 Å². The molecule has 1 aromatic carbocycles. The third-order valence-electron chi connectivity index (χ3n) is 2.75. The van der Waals surface area contributed by atoms with E-state index in [1.54, 1.807) is 24.3 Å². The van der Waals surface area contributed by atoms with Gasteiger partial charge in [0.1, 0.15) is 11.3 Å². The number of hydrogen-bond donors (Lipinski definition) is 3. The van der Waals surface area contributed by atoms with Crippen molar-refractivity contribution >= 4 is 22.9 Å². The molecular formula is C14H10N4O4. The Bertz CT molecular complexity index is 906. The van der Waals surface area contributed by atoms with Gasteiger partial charge < -0.3 is 14.8 Å². The summed E-state index contributed by atoms with van der Waals surface area (Å²) in [7, 11) is 0. The quantitative estimate of drug-likeness (QED) is 0.682. The molecule has 8 nitrogen and oxygen atoms in total. The number of hydrogen-bond acceptors (Lipinski definition) is 5. The van der Waals surface area contributed by atoms with Gasteiger partial charge in [0.25, 0.3) is 5.56 Å². The molecule has 2 aromatic heterocycles. The van der Waals surface area contributed by atoms with Gasteiger partial charge in [-0.1, -0.05) is 6.07 Å². The molecule has 0 aliphatic carbocycles. The van der Waals surface area contributed by atoms with Crippen LogP contribution in [0.25, 0.3) is 11.2 Å². The Morgan fingerprint density at radius 2 is 2.14 bits per heavy atom. The average Bonchev–Trinajstić information content (AvgIpc) is 2.47. The number of nitrogens with zero attached hydrogens (tertiary/aromatic N) is 2. The van der Waals surface area contributed by atoms with Crippen LogP contribution >= 0.6 is 0 Å². The number of nitrogens with one attached hydrogen (secondary N) is 2. The second kappa shape index (κ2) is 5.52. The normalized spacial score (nSPS) is 10.4. The Hall–Kier alpha value is -3.42. The van der Waals surface area contributed by atoms with Crippen LogP contribution in [0.15, 0.2) is 47.5 Å². The molecule has 0 atom stereocenters. The molecule has 0 fully saturated rings. The topological polar surface area (TPSA) is 117 Å². The molecule has 0 saturated heterocycles. The summed E-state index contributed by atoms with van der Waals surface area (Å²) >= 11 is 0. The zero-order chi connectivity index (χ0) is 15.5. The van der Waals surface area contributed by atoms with E-state index in [4.69, 9.17) is 9.84 Å². The molecule has 8 heteroatoms. The lowest BCUT2D eigenvalue weighted by molar-refractivity contribution is 0.210. The highest BCUT2D eigenvalue weighted by atomic mass is 16.5. The van der Waals surface area contributed by atoms with Crippen molar-refractivity contribution in [3.63, 3.8) is 0 Å². The predicted octanol–water partition coefficient (Wildman–Crippen LogP) is 2.20. The van der Waals surface area contributed by atoms with E-state index in [0.29, 0.717) is 28.4 Å². The summed E-state index contributed by atoms with van der Waals surface area (Å²) in [5.74, 6) is 0.820. The number of amides is 1. The maximum atomic E-state index is 11.2. The number of carboxylic acid groups (broad SMARTS) is 1. The van der Waals surface area contributed by atoms with Gasteiger partial charge in [0, 0.05) is 24.0 Å². The monoisotopic (exact) mass is 298 g/mol. The van der Waals surface area contributed by atoms with Crippen LogP contribution in [-0.4, -0.2) is 26.2 Å². The summed E-state index contributed by atoms with van der Waals surface area (Å²) in [6.45, 7) is 0. The molecule has 2 heterocycles. The highest BCUT2D eigenvalue weighted by Gasteiger charge is 2.07. The van der Waals surface area contributed by atoms with Gasteiger partial charge in [-0.25, -0.2) is 14.8 Å². The fourth-order valence-corrected chi connectivity index (χ4v) is 1.89. The molecule has 3 rings (SSSR count). The third-order valence-corrected chi connectivity index (χ3v) is 2.75. The molecule has 22 heavy (non-hydrogen) atoms. The van der Waals surface area contributed by atoms with Crippen LogP contribution in [0.1, 0.15) is 0 Å². The van der Waals surface area contributed by atoms with Gasteiger partial charge in [-0.3, -0.25) is 10.1 Å². The first-order valence-electron chi connectivity index (χ1n) is 6.24. The molecule has 0 aliphatic heterocycles. The van der Waals surface area contributed by atoms with Crippen molar-refractivity contribution in [2.75, 3.05) is 5.32 Å². The number of H-pyrrole nitrogens is 1. The highest BCUT2D eigenvalue weighted by Crippen LogP contribution is 2.27. The minimum atomic E-state index is -1.16. The van der Waals surface area contributed by atoms with E-state index < -0.39 is 6.09 Å². The van der Waals surface area contributed by atoms with E-state index in [1.807, 2.05) is 0 Å². The van der Waals surface area contributed by atoms with Crippen molar-refractivity contribution in [1.29, 1.82) is 0 Å². The second-order valence-corrected chi connectivity index (χ2v) is 4.31. The molecule has 0 bridgehead atoms. The number of pyridine rings is 1. The van der Waals surface area contributed by atoms with Crippen molar-refractivity contribution in [2.24, 2.45) is 0 Å². The van der Waals surface area contributed by atoms with E-state index in [2.05, 4.69) is 20.3 Å². The van der Waals surface area contributed by atoms with Gasteiger partial charge in [0.15, 0.2) is 11.4 Å². The lowest BCUT2D eigenvalue weighted by atomic mass is 10.3. The number of aromatic amines is 1. The highest BCUT2D eigenvalue weighted by molar-refractivity contribution is 5.83. The molecule has 110 valence electrons. The van der Waals surface area contributed by atoms with E-state index in [1.165, 1.54) is 12.3 Å². The molecule has 3 N–H and O–H groups in total. The molecule has 0 unspecified atom stereocenters. The van der Waals surface area contributed by atoms with Crippen LogP contribution in [0, 0.1) is 0 Å². The average molecular weight is 298 g/mol. The molecule has 0 aliphatic rings. The summed E-state index contributed by atoms with van der Waals surface area (Å²) < 4.78 is 5.70. The van der Waals surface area contributed by atoms with Gasteiger partial charge in [-0.2, -0.15) is 0 Å². The van der Waals surface area contributed by atoms with E-state index in [9.17, 15) is 9.59 Å². The molecule has 3 aromatic rings. The Balaban J connectivity index is 1.96. The molecule has 0 spiro atoms. The molecule has 0 saturated carbocycles. The molecule has 0 radical (unpaired) electrons. The largest absolute Gasteiger partial charge is 0.465 e. The lowest BCUT2D eigenvalue weighted by Gasteiger charge is -2.08. The zero-order valence-electron chi connectivity index (χ0n) is 11.1. The van der Waals surface area contributed by atoms with Gasteiger partial charge in [-0.15, -0.1) is 0 Å². The number of anilines is 1. The lowest BCUT2D eigenvalue weighted by Crippen LogP contribution is -2.07. The maximum absolute atomic E-state index is 11.2. The summed E-state index contributed by atoms with van der Waals surface area (Å²) in [5, 5.41) is 10.9. The van der Waals surface area contributed by atoms with Crippen LogP contribution < -0.4 is 15.6 Å². The fourth-order valence-electron chi connectivity index (χ4n) is 1.89. The Kier molecular flexibility index (Phi) is 3.40. The predicted molar refractivity (Wildman–Crippen MR) is 78.3 cm³/mol. The SMILES string of the molecule is O=C(O)Nc1cccc(Oc2ccnc3[nH]c(=O)cnc23)c1. The number of fused-ring (bicyclic) bond motifs is 1. The minimum absolute atomic E-state index is 0.310. The van der Waals surface area contributed by atoms with Gasteiger partial charge in [0.05, 0.1) is 6.20 Å². The summed E-state index contributed by atoms with van der Waals surface area (Å²) in [4.78, 5) is 32.5. The van der Waals surface area contributed by atoms with Gasteiger partial charge in [-0.05, 0) is 12.1 Å². The van der Waals surface area contributed by atoms with Crippen molar-refractivity contribution in [1.82, 2.24) is 15.0 Å². The van der Waals surface area contributed by atoms with E-state index in [-0.39, 0.29) is 5.56 Å². The van der Waals surface area contributed by atoms with Crippen molar-refractivity contribution in [2.45, 2.75) is 0 Å². The smallest absolute Gasteiger partial charge is 0.409 e. The Morgan fingerprint density at radius 1 is 1.27 bits per heavy atom. The van der Waals surface area contributed by atoms with Crippen LogP contribution in [0.3, 0.4) is 0 Å². The number of carbonyl (C=O) groups is 1. The van der Waals surface area contributed by atoms with Gasteiger partial charge >= 0.3 is 6.09 Å². The maximum Gasteiger partial charge on any atom is 0.409 e. The standard InChI is InChI=1S/C14H10N4O4/c19-11-7-16-12-10(4-5-15-13(12)18-11)22-9-3-1-2-8(6-9)17-14(20)21/h1-7,17H,(H,20,21)(H,15,18,19). The number of aromatic nitrogens is 3. The van der Waals surface area contributed by atoms with Crippen molar-refractivity contribution in [3.8, 4) is 11.5 Å². The van der Waals surface area contributed by atoms with E-state index in [0.717, 1.165) is 6.20 Å². The first-order chi connectivity index (χ1) is 10.6. The first-order valence-corrected chi connectivity index (χ1v) is 6.24. The molecular weight excluding hydrogens is 288 g/mol. The fraction of sp³-hybridized carbons (Fsp3) is 0. The Labute approximate surface area is 123 Å². The number of rotatable bonds is 3. The van der Waals surface area contributed by atoms with Crippen molar-refractivity contribution < 1.29 is 14.6 Å². The number of benzene rings is 1. The van der Waals surface area contributed by atoms with Crippen LogP contribution in [0.2, 0.25) is 0 Å². The second-order valence-electron chi connectivity index (χ2n) is 4.31. The van der Waals surface area contributed by atoms with Crippen LogP contribution in [0.5, 0.6) is 11.5 Å². The minimum Gasteiger partial charge on any atom is -0.465 e. The Morgan fingerprint density at radius 3 is 2.95 bits per heavy atom. The van der Waals surface area contributed by atoms with Crippen LogP contribution in [0.4, 0.5) is 10.5 Å². The van der Waals surface area contributed by atoms with Crippen LogP contribution in [-0.2, 0) is 0 Å². The molecule has 1 amide bonds. The van der Waals surface area contributed by atoms with Crippen molar-refractivity contribution in [3.05, 3.63) is 53.1 Å². The summed E-state index contributed by atoms with van der Waals surface area (Å²) in [6.07, 6.45) is 1.46. The zero-order valence-corrected chi connectivity index (χ0v) is 11.1. The number of ether oxygens (including phenoxy) is 1. The third kappa shape index (κ3) is 2.85. The van der Waals surface area contributed by atoms with Gasteiger partial charge in [0.2, 0.25) is 0 Å². The summed E-state index contributed by atoms with van der Waals surface area (Å²) in [5.41, 5.74) is 0.734.